The Bertz CT molecular complexity index is 573. The Morgan fingerprint density at radius 2 is 2.21 bits per heavy atom. The predicted octanol–water partition coefficient (Wildman–Crippen LogP) is 2.27. The molecule has 1 saturated heterocycles. The number of hydrogen-bond donors (Lipinski definition) is 1. The number of amides is 2. The van der Waals surface area contributed by atoms with Gasteiger partial charge in [-0.15, -0.1) is 0 Å². The summed E-state index contributed by atoms with van der Waals surface area (Å²) in [5.41, 5.74) is 1.67. The third kappa shape index (κ3) is 5.06. The van der Waals surface area contributed by atoms with E-state index in [1.54, 1.807) is 0 Å². The van der Waals surface area contributed by atoms with E-state index in [-0.39, 0.29) is 11.8 Å². The van der Waals surface area contributed by atoms with E-state index in [2.05, 4.69) is 31.1 Å². The molecule has 0 bridgehead atoms. The lowest BCUT2D eigenvalue weighted by molar-refractivity contribution is -0.128. The van der Waals surface area contributed by atoms with Crippen molar-refractivity contribution in [3.63, 3.8) is 0 Å². The second kappa shape index (κ2) is 8.83. The van der Waals surface area contributed by atoms with Crippen LogP contribution in [0, 0.1) is 0 Å². The molecule has 132 valence electrons. The molecule has 1 aromatic carbocycles. The van der Waals surface area contributed by atoms with Crippen LogP contribution >= 0.6 is 0 Å². The Hall–Kier alpha value is -1.88. The van der Waals surface area contributed by atoms with Crippen LogP contribution in [0.5, 0.6) is 0 Å². The fourth-order valence-electron chi connectivity index (χ4n) is 2.88. The van der Waals surface area contributed by atoms with Crippen molar-refractivity contribution in [1.82, 2.24) is 15.1 Å². The third-order valence-electron chi connectivity index (χ3n) is 4.83. The molecule has 1 N–H and O–H groups in total. The van der Waals surface area contributed by atoms with E-state index < -0.39 is 0 Å². The quantitative estimate of drug-likeness (QED) is 0.795. The summed E-state index contributed by atoms with van der Waals surface area (Å²) in [6.45, 7) is 7.23. The maximum Gasteiger partial charge on any atom is 0.251 e. The molecule has 0 radical (unpaired) electrons. The number of nitrogens with zero attached hydrogens (tertiary/aromatic N) is 2. The first-order chi connectivity index (χ1) is 11.5. The summed E-state index contributed by atoms with van der Waals surface area (Å²) >= 11 is 0. The molecular formula is C19H29N3O2. The van der Waals surface area contributed by atoms with E-state index in [1.165, 1.54) is 0 Å². The largest absolute Gasteiger partial charge is 0.351 e. The first-order valence-electron chi connectivity index (χ1n) is 8.86. The molecule has 1 atom stereocenters. The highest BCUT2D eigenvalue weighted by molar-refractivity contribution is 5.94. The minimum absolute atomic E-state index is 0.0536. The Morgan fingerprint density at radius 1 is 1.42 bits per heavy atom. The van der Waals surface area contributed by atoms with Gasteiger partial charge in [0.2, 0.25) is 5.91 Å². The van der Waals surface area contributed by atoms with Crippen molar-refractivity contribution in [1.29, 1.82) is 0 Å². The molecule has 2 rings (SSSR count). The van der Waals surface area contributed by atoms with Crippen LogP contribution in [0.2, 0.25) is 0 Å². The number of likely N-dealkylation sites (N-methyl/N-ethyl adjacent to an activating group) is 1. The van der Waals surface area contributed by atoms with Crippen LogP contribution in [0.3, 0.4) is 0 Å². The molecule has 0 spiro atoms. The number of benzene rings is 1. The fourth-order valence-corrected chi connectivity index (χ4v) is 2.88. The van der Waals surface area contributed by atoms with Gasteiger partial charge in [0, 0.05) is 44.2 Å². The molecule has 24 heavy (non-hydrogen) atoms. The standard InChI is InChI=1S/C19H29N3O2/c1-4-15(2)21(3)12-10-20-19(24)17-8-5-7-16(13-17)14-22-11-6-9-18(22)23/h5,7-8,13,15H,4,6,9-12,14H2,1-3H3,(H,20,24)/t15-/m1/s1. The molecule has 1 fully saturated rings. The lowest BCUT2D eigenvalue weighted by Crippen LogP contribution is -2.37. The summed E-state index contributed by atoms with van der Waals surface area (Å²) < 4.78 is 0. The zero-order valence-electron chi connectivity index (χ0n) is 15.0. The van der Waals surface area contributed by atoms with E-state index in [9.17, 15) is 9.59 Å². The van der Waals surface area contributed by atoms with Crippen LogP contribution in [0.4, 0.5) is 0 Å². The van der Waals surface area contributed by atoms with Crippen molar-refractivity contribution in [3.05, 3.63) is 35.4 Å². The highest BCUT2D eigenvalue weighted by Gasteiger charge is 2.20. The average Bonchev–Trinajstić information content (AvgIpc) is 2.99. The first-order valence-corrected chi connectivity index (χ1v) is 8.86. The zero-order valence-corrected chi connectivity index (χ0v) is 15.0. The minimum Gasteiger partial charge on any atom is -0.351 e. The third-order valence-corrected chi connectivity index (χ3v) is 4.83. The van der Waals surface area contributed by atoms with Crippen molar-refractivity contribution in [2.24, 2.45) is 0 Å². The lowest BCUT2D eigenvalue weighted by Gasteiger charge is -2.23. The smallest absolute Gasteiger partial charge is 0.251 e. The number of likely N-dealkylation sites (tertiary alicyclic amines) is 1. The maximum absolute atomic E-state index is 12.3. The van der Waals surface area contributed by atoms with Gasteiger partial charge in [-0.1, -0.05) is 19.1 Å². The van der Waals surface area contributed by atoms with Crippen molar-refractivity contribution in [2.45, 2.75) is 45.7 Å². The summed E-state index contributed by atoms with van der Waals surface area (Å²) in [7, 11) is 2.08. The van der Waals surface area contributed by atoms with E-state index >= 15 is 0 Å². The van der Waals surface area contributed by atoms with Crippen LogP contribution in [0.1, 0.15) is 49.0 Å². The van der Waals surface area contributed by atoms with Gasteiger partial charge < -0.3 is 15.1 Å². The van der Waals surface area contributed by atoms with Gasteiger partial charge >= 0.3 is 0 Å². The fraction of sp³-hybridized carbons (Fsp3) is 0.579. The Labute approximate surface area is 145 Å². The number of carbonyl (C=O) groups excluding carboxylic acids is 2. The summed E-state index contributed by atoms with van der Waals surface area (Å²) in [6.07, 6.45) is 2.67. The molecule has 0 saturated carbocycles. The molecule has 0 unspecified atom stereocenters. The molecule has 5 heteroatoms. The molecule has 1 aliphatic rings. The molecule has 2 amide bonds. The van der Waals surface area contributed by atoms with Crippen LogP contribution in [0.15, 0.2) is 24.3 Å². The lowest BCUT2D eigenvalue weighted by atomic mass is 10.1. The van der Waals surface area contributed by atoms with Gasteiger partial charge in [0.15, 0.2) is 0 Å². The number of hydrogen-bond acceptors (Lipinski definition) is 3. The second-order valence-electron chi connectivity index (χ2n) is 6.61. The predicted molar refractivity (Wildman–Crippen MR) is 95.8 cm³/mol. The highest BCUT2D eigenvalue weighted by atomic mass is 16.2. The molecular weight excluding hydrogens is 302 g/mol. The van der Waals surface area contributed by atoms with Gasteiger partial charge in [0.05, 0.1) is 0 Å². The molecule has 0 aromatic heterocycles. The van der Waals surface area contributed by atoms with Gasteiger partial charge in [-0.3, -0.25) is 9.59 Å². The van der Waals surface area contributed by atoms with Gasteiger partial charge in [0.25, 0.3) is 5.91 Å². The normalized spacial score (nSPS) is 15.8. The van der Waals surface area contributed by atoms with E-state index in [4.69, 9.17) is 0 Å². The Morgan fingerprint density at radius 3 is 2.88 bits per heavy atom. The highest BCUT2D eigenvalue weighted by Crippen LogP contribution is 2.15. The van der Waals surface area contributed by atoms with Gasteiger partial charge in [-0.05, 0) is 44.5 Å². The summed E-state index contributed by atoms with van der Waals surface area (Å²) in [4.78, 5) is 28.1. The van der Waals surface area contributed by atoms with Crippen molar-refractivity contribution in [3.8, 4) is 0 Å². The van der Waals surface area contributed by atoms with E-state index in [0.29, 0.717) is 31.1 Å². The van der Waals surface area contributed by atoms with Gasteiger partial charge in [-0.25, -0.2) is 0 Å². The van der Waals surface area contributed by atoms with Crippen molar-refractivity contribution in [2.75, 3.05) is 26.7 Å². The van der Waals surface area contributed by atoms with Gasteiger partial charge in [-0.2, -0.15) is 0 Å². The van der Waals surface area contributed by atoms with E-state index in [0.717, 1.165) is 31.5 Å². The summed E-state index contributed by atoms with van der Waals surface area (Å²) in [5.74, 6) is 0.153. The SMILES string of the molecule is CC[C@@H](C)N(C)CCNC(=O)c1cccc(CN2CCCC2=O)c1. The summed E-state index contributed by atoms with van der Waals surface area (Å²) in [6, 6.07) is 8.08. The molecule has 1 aliphatic heterocycles. The van der Waals surface area contributed by atoms with Crippen molar-refractivity contribution < 1.29 is 9.59 Å². The monoisotopic (exact) mass is 331 g/mol. The number of carbonyl (C=O) groups is 2. The molecule has 5 nitrogen and oxygen atoms in total. The molecule has 1 aromatic rings. The second-order valence-corrected chi connectivity index (χ2v) is 6.61. The Balaban J connectivity index is 1.86. The maximum atomic E-state index is 12.3. The number of rotatable bonds is 8. The van der Waals surface area contributed by atoms with Crippen LogP contribution in [0.25, 0.3) is 0 Å². The number of nitrogens with one attached hydrogen (secondary N) is 1. The Kier molecular flexibility index (Phi) is 6.79. The summed E-state index contributed by atoms with van der Waals surface area (Å²) in [5, 5.41) is 2.98. The molecule has 1 heterocycles. The van der Waals surface area contributed by atoms with Crippen LogP contribution in [-0.2, 0) is 11.3 Å². The van der Waals surface area contributed by atoms with Gasteiger partial charge in [0.1, 0.15) is 0 Å². The van der Waals surface area contributed by atoms with Crippen LogP contribution < -0.4 is 5.32 Å². The molecule has 0 aliphatic carbocycles. The minimum atomic E-state index is -0.0536. The average molecular weight is 331 g/mol. The van der Waals surface area contributed by atoms with Crippen LogP contribution in [-0.4, -0.2) is 54.3 Å². The zero-order chi connectivity index (χ0) is 17.5. The van der Waals surface area contributed by atoms with E-state index in [1.807, 2.05) is 29.2 Å². The topological polar surface area (TPSA) is 52.7 Å². The van der Waals surface area contributed by atoms with Crippen molar-refractivity contribution >= 4 is 11.8 Å². The first kappa shape index (κ1) is 18.5.